The molecule has 8 nitrogen and oxygen atoms in total. The van der Waals surface area contributed by atoms with E-state index in [2.05, 4.69) is 10.2 Å². The summed E-state index contributed by atoms with van der Waals surface area (Å²) < 4.78 is 94.0. The molecule has 3 heterocycles. The molecule has 0 aliphatic carbocycles. The van der Waals surface area contributed by atoms with E-state index in [4.69, 9.17) is 4.74 Å². The van der Waals surface area contributed by atoms with Crippen molar-refractivity contribution in [2.45, 2.75) is 32.1 Å². The predicted octanol–water partition coefficient (Wildman–Crippen LogP) is 5.10. The highest BCUT2D eigenvalue weighted by Crippen LogP contribution is 2.41. The average Bonchev–Trinajstić information content (AvgIpc) is 2.97. The maximum atomic E-state index is 16.4. The fraction of sp³-hybridized carbons (Fsp3) is 0.400. The summed E-state index contributed by atoms with van der Waals surface area (Å²) in [6, 6.07) is 4.76. The summed E-state index contributed by atoms with van der Waals surface area (Å²) in [6.07, 6.45) is -4.49. The molecule has 5 rings (SSSR count). The van der Waals surface area contributed by atoms with Crippen LogP contribution < -0.4 is 20.7 Å². The second-order valence-electron chi connectivity index (χ2n) is 11.1. The Morgan fingerprint density at radius 1 is 0.955 bits per heavy atom. The highest BCUT2D eigenvalue weighted by Gasteiger charge is 2.37. The summed E-state index contributed by atoms with van der Waals surface area (Å²) in [5.41, 5.74) is -4.85. The zero-order valence-electron chi connectivity index (χ0n) is 24.2. The van der Waals surface area contributed by atoms with Crippen LogP contribution in [-0.4, -0.2) is 74.3 Å². The molecule has 3 aromatic rings. The van der Waals surface area contributed by atoms with Crippen molar-refractivity contribution in [3.8, 4) is 11.1 Å². The molecular formula is C30H31F6N5O3. The van der Waals surface area contributed by atoms with Gasteiger partial charge < -0.3 is 24.8 Å². The minimum Gasteiger partial charge on any atom is -0.378 e. The maximum absolute atomic E-state index is 16.4. The van der Waals surface area contributed by atoms with Crippen LogP contribution in [0.5, 0.6) is 0 Å². The lowest BCUT2D eigenvalue weighted by molar-refractivity contribution is -0.138. The van der Waals surface area contributed by atoms with Gasteiger partial charge in [-0.3, -0.25) is 14.5 Å². The minimum absolute atomic E-state index is 0.0778. The van der Waals surface area contributed by atoms with Gasteiger partial charge in [-0.1, -0.05) is 6.07 Å². The Morgan fingerprint density at radius 3 is 2.23 bits per heavy atom. The Labute approximate surface area is 249 Å². The van der Waals surface area contributed by atoms with Gasteiger partial charge in [0.1, 0.15) is 17.3 Å². The number of benzene rings is 2. The van der Waals surface area contributed by atoms with Crippen LogP contribution >= 0.6 is 0 Å². The van der Waals surface area contributed by atoms with Gasteiger partial charge in [0, 0.05) is 56.6 Å². The molecule has 0 saturated carbocycles. The fourth-order valence-electron chi connectivity index (χ4n) is 5.64. The first-order valence-corrected chi connectivity index (χ1v) is 14.0. The molecule has 0 unspecified atom stereocenters. The number of hydrogen-bond donors (Lipinski definition) is 2. The highest BCUT2D eigenvalue weighted by atomic mass is 19.4. The molecule has 0 radical (unpaired) electrons. The Bertz CT molecular complexity index is 1610. The van der Waals surface area contributed by atoms with E-state index >= 15 is 13.2 Å². The number of piperazine rings is 1. The van der Waals surface area contributed by atoms with Crippen molar-refractivity contribution in [1.29, 1.82) is 0 Å². The third-order valence-corrected chi connectivity index (χ3v) is 8.20. The molecule has 1 aromatic heterocycles. The number of alkyl halides is 3. The lowest BCUT2D eigenvalue weighted by Gasteiger charge is -2.44. The number of H-pyrrole nitrogens is 1. The van der Waals surface area contributed by atoms with Gasteiger partial charge in [0.15, 0.2) is 5.82 Å². The summed E-state index contributed by atoms with van der Waals surface area (Å²) in [5.74, 6) is -4.45. The Balaban J connectivity index is 1.62. The molecular weight excluding hydrogens is 592 g/mol. The van der Waals surface area contributed by atoms with Crippen molar-refractivity contribution in [2.75, 3.05) is 61.6 Å². The number of pyridine rings is 1. The van der Waals surface area contributed by atoms with E-state index in [1.807, 2.05) is 25.9 Å². The number of aromatic amines is 1. The van der Waals surface area contributed by atoms with Crippen LogP contribution in [0.25, 0.3) is 11.1 Å². The van der Waals surface area contributed by atoms with E-state index in [0.717, 1.165) is 12.1 Å². The number of aromatic nitrogens is 1. The molecule has 44 heavy (non-hydrogen) atoms. The van der Waals surface area contributed by atoms with E-state index in [1.165, 1.54) is 12.1 Å². The summed E-state index contributed by atoms with van der Waals surface area (Å²) in [4.78, 5) is 32.4. The number of nitrogens with zero attached hydrogens (tertiary/aromatic N) is 3. The molecule has 2 aliphatic heterocycles. The maximum Gasteiger partial charge on any atom is 0.417 e. The molecule has 2 saturated heterocycles. The van der Waals surface area contributed by atoms with Crippen molar-refractivity contribution in [3.05, 3.63) is 75.5 Å². The number of likely N-dealkylation sites (N-methyl/N-ethyl adjacent to an activating group) is 1. The van der Waals surface area contributed by atoms with Crippen LogP contribution in [0.4, 0.5) is 43.4 Å². The topological polar surface area (TPSA) is 80.9 Å². The van der Waals surface area contributed by atoms with Crippen molar-refractivity contribution < 1.29 is 35.9 Å². The van der Waals surface area contributed by atoms with E-state index in [0.29, 0.717) is 32.5 Å². The highest BCUT2D eigenvalue weighted by molar-refractivity contribution is 6.07. The lowest BCUT2D eigenvalue weighted by Crippen LogP contribution is -2.55. The van der Waals surface area contributed by atoms with Crippen molar-refractivity contribution in [1.82, 2.24) is 9.88 Å². The summed E-state index contributed by atoms with van der Waals surface area (Å²) in [5, 5.41) is 2.21. The summed E-state index contributed by atoms with van der Waals surface area (Å²) in [6.45, 7) is 6.02. The third kappa shape index (κ3) is 6.13. The Hall–Kier alpha value is -4.04. The van der Waals surface area contributed by atoms with E-state index < -0.39 is 57.5 Å². The summed E-state index contributed by atoms with van der Waals surface area (Å²) in [7, 11) is 1.89. The van der Waals surface area contributed by atoms with Crippen LogP contribution in [0.1, 0.15) is 29.8 Å². The molecule has 236 valence electrons. The number of morpholine rings is 1. The predicted molar refractivity (Wildman–Crippen MR) is 154 cm³/mol. The first kappa shape index (κ1) is 31.4. The molecule has 2 aromatic carbocycles. The number of nitrogens with one attached hydrogen (secondary N) is 2. The van der Waals surface area contributed by atoms with Gasteiger partial charge >= 0.3 is 6.18 Å². The third-order valence-electron chi connectivity index (χ3n) is 8.20. The van der Waals surface area contributed by atoms with E-state index in [9.17, 15) is 22.8 Å². The molecule has 0 spiro atoms. The van der Waals surface area contributed by atoms with Gasteiger partial charge in [-0.15, -0.1) is 0 Å². The molecule has 2 fully saturated rings. The van der Waals surface area contributed by atoms with Crippen molar-refractivity contribution in [3.63, 3.8) is 0 Å². The average molecular weight is 624 g/mol. The van der Waals surface area contributed by atoms with Crippen molar-refractivity contribution in [2.24, 2.45) is 0 Å². The SMILES string of the molecule is C[C@@H]1CN(c2cc(F)c(-c3ccc(N4CCOCC4)c(F)c3)c(F)c2NC(=O)c2c[nH]c(=O)cc2C(F)(F)F)C[C@H](C)N1C. The second kappa shape index (κ2) is 12.2. The molecule has 2 N–H and O–H groups in total. The molecule has 1 amide bonds. The molecule has 0 bridgehead atoms. The van der Waals surface area contributed by atoms with Crippen LogP contribution in [0.3, 0.4) is 0 Å². The number of anilines is 3. The fourth-order valence-corrected chi connectivity index (χ4v) is 5.64. The van der Waals surface area contributed by atoms with Gasteiger partial charge in [0.25, 0.3) is 5.91 Å². The first-order chi connectivity index (χ1) is 20.8. The van der Waals surface area contributed by atoms with Gasteiger partial charge in [-0.05, 0) is 38.6 Å². The lowest BCUT2D eigenvalue weighted by atomic mass is 9.99. The van der Waals surface area contributed by atoms with Crippen molar-refractivity contribution >= 4 is 23.0 Å². The number of halogens is 6. The molecule has 14 heteroatoms. The van der Waals surface area contributed by atoms with Crippen LogP contribution in [-0.2, 0) is 10.9 Å². The quantitative estimate of drug-likeness (QED) is 0.386. The van der Waals surface area contributed by atoms with Crippen LogP contribution in [0.2, 0.25) is 0 Å². The smallest absolute Gasteiger partial charge is 0.378 e. The van der Waals surface area contributed by atoms with Gasteiger partial charge in [-0.2, -0.15) is 13.2 Å². The number of hydrogen-bond acceptors (Lipinski definition) is 6. The second-order valence-corrected chi connectivity index (χ2v) is 11.1. The van der Waals surface area contributed by atoms with Gasteiger partial charge in [-0.25, -0.2) is 13.2 Å². The summed E-state index contributed by atoms with van der Waals surface area (Å²) >= 11 is 0. The Kier molecular flexibility index (Phi) is 8.67. The number of carbonyl (C=O) groups is 1. The standard InChI is InChI=1S/C30H31F6N5O3/c1-16-14-41(15-17(2)39(16)3)24-12-22(32)26(18-4-5-23(21(31)10-18)40-6-8-44-9-7-40)27(33)28(24)38-29(43)19-13-37-25(42)11-20(19)30(34,35)36/h4-5,10-13,16-17H,6-9,14-15H2,1-3H3,(H,37,42)(H,38,43)/t16-,17+. The van der Waals surface area contributed by atoms with Crippen LogP contribution in [0, 0.1) is 17.5 Å². The Morgan fingerprint density at radius 2 is 1.61 bits per heavy atom. The zero-order valence-corrected chi connectivity index (χ0v) is 24.2. The molecule has 2 atom stereocenters. The largest absolute Gasteiger partial charge is 0.417 e. The number of ether oxygens (including phenoxy) is 1. The van der Waals surface area contributed by atoms with Gasteiger partial charge in [0.05, 0.1) is 41.3 Å². The number of amides is 1. The first-order valence-electron chi connectivity index (χ1n) is 14.0. The van der Waals surface area contributed by atoms with E-state index in [-0.39, 0.29) is 48.2 Å². The zero-order chi connectivity index (χ0) is 31.9. The normalized spacial score (nSPS) is 19.8. The van der Waals surface area contributed by atoms with Crippen LogP contribution in [0.15, 0.2) is 41.3 Å². The number of carbonyl (C=O) groups excluding carboxylic acids is 1. The molecule has 2 aliphatic rings. The number of rotatable bonds is 5. The van der Waals surface area contributed by atoms with E-state index in [1.54, 1.807) is 9.80 Å². The van der Waals surface area contributed by atoms with Gasteiger partial charge in [0.2, 0.25) is 5.56 Å². The minimum atomic E-state index is -5.07. The monoisotopic (exact) mass is 623 g/mol.